The first kappa shape index (κ1) is 12.8. The van der Waals surface area contributed by atoms with Crippen LogP contribution >= 0.6 is 0 Å². The van der Waals surface area contributed by atoms with Crippen LogP contribution in [0.5, 0.6) is 0 Å². The molecular formula is C13H24N2O2. The van der Waals surface area contributed by atoms with Crippen molar-refractivity contribution < 1.29 is 9.90 Å². The van der Waals surface area contributed by atoms with Crippen LogP contribution in [0.25, 0.3) is 0 Å². The van der Waals surface area contributed by atoms with E-state index in [-0.39, 0.29) is 12.5 Å². The number of carbonyl (C=O) groups excluding carboxylic acids is 1. The van der Waals surface area contributed by atoms with Gasteiger partial charge < -0.3 is 15.3 Å². The summed E-state index contributed by atoms with van der Waals surface area (Å²) >= 11 is 0. The predicted molar refractivity (Wildman–Crippen MR) is 66.6 cm³/mol. The van der Waals surface area contributed by atoms with Gasteiger partial charge in [-0.2, -0.15) is 0 Å². The molecule has 0 heterocycles. The molecule has 2 N–H and O–H groups in total. The van der Waals surface area contributed by atoms with Crippen molar-refractivity contribution in [1.29, 1.82) is 0 Å². The van der Waals surface area contributed by atoms with Crippen molar-refractivity contribution >= 4 is 5.91 Å². The molecule has 2 rings (SSSR count). The summed E-state index contributed by atoms with van der Waals surface area (Å²) in [6, 6.07) is 0.441. The molecule has 0 saturated heterocycles. The lowest BCUT2D eigenvalue weighted by molar-refractivity contribution is -0.134. The summed E-state index contributed by atoms with van der Waals surface area (Å²) < 4.78 is 0. The summed E-state index contributed by atoms with van der Waals surface area (Å²) in [7, 11) is 0. The number of amides is 1. The third-order valence-corrected chi connectivity index (χ3v) is 3.80. The van der Waals surface area contributed by atoms with Gasteiger partial charge in [-0.1, -0.05) is 0 Å². The van der Waals surface area contributed by atoms with Gasteiger partial charge in [0.25, 0.3) is 0 Å². The average molecular weight is 240 g/mol. The third kappa shape index (κ3) is 3.96. The monoisotopic (exact) mass is 240 g/mol. The van der Waals surface area contributed by atoms with E-state index in [0.29, 0.717) is 25.6 Å². The first-order chi connectivity index (χ1) is 8.31. The Morgan fingerprint density at radius 3 is 2.59 bits per heavy atom. The fraction of sp³-hybridized carbons (Fsp3) is 0.923. The van der Waals surface area contributed by atoms with Gasteiger partial charge in [0.1, 0.15) is 0 Å². The van der Waals surface area contributed by atoms with Gasteiger partial charge in [-0.15, -0.1) is 0 Å². The fourth-order valence-electron chi connectivity index (χ4n) is 2.26. The summed E-state index contributed by atoms with van der Waals surface area (Å²) in [5, 5.41) is 12.1. The zero-order chi connectivity index (χ0) is 12.1. The highest BCUT2D eigenvalue weighted by atomic mass is 16.3. The topological polar surface area (TPSA) is 52.6 Å². The van der Waals surface area contributed by atoms with E-state index in [1.54, 1.807) is 0 Å². The maximum absolute atomic E-state index is 12.1. The molecule has 2 saturated carbocycles. The molecule has 2 aliphatic carbocycles. The Kier molecular flexibility index (Phi) is 4.80. The van der Waals surface area contributed by atoms with E-state index in [9.17, 15) is 4.79 Å². The van der Waals surface area contributed by atoms with Crippen molar-refractivity contribution in [2.75, 3.05) is 26.2 Å². The van der Waals surface area contributed by atoms with E-state index < -0.39 is 0 Å². The quantitative estimate of drug-likeness (QED) is 0.658. The molecule has 0 aliphatic heterocycles. The molecule has 0 aromatic carbocycles. The fourth-order valence-corrected chi connectivity index (χ4v) is 2.26. The van der Waals surface area contributed by atoms with Gasteiger partial charge in [0.05, 0.1) is 6.54 Å². The normalized spacial score (nSPS) is 20.1. The highest BCUT2D eigenvalue weighted by molar-refractivity contribution is 5.78. The highest BCUT2D eigenvalue weighted by Crippen LogP contribution is 2.27. The van der Waals surface area contributed by atoms with Gasteiger partial charge in [0.2, 0.25) is 5.91 Å². The minimum Gasteiger partial charge on any atom is -0.396 e. The molecule has 0 atom stereocenters. The summed E-state index contributed by atoms with van der Waals surface area (Å²) in [5.74, 6) is 1.03. The van der Waals surface area contributed by atoms with Crippen LogP contribution in [0.1, 0.15) is 38.5 Å². The summed E-state index contributed by atoms with van der Waals surface area (Å²) in [6.45, 7) is 2.35. The van der Waals surface area contributed by atoms with Crippen LogP contribution in [0.3, 0.4) is 0 Å². The van der Waals surface area contributed by atoms with Crippen LogP contribution in [0, 0.1) is 5.92 Å². The smallest absolute Gasteiger partial charge is 0.236 e. The molecule has 0 bridgehead atoms. The van der Waals surface area contributed by atoms with Gasteiger partial charge in [0, 0.05) is 19.2 Å². The minimum atomic E-state index is 0.173. The van der Waals surface area contributed by atoms with Crippen LogP contribution in [0.15, 0.2) is 0 Å². The van der Waals surface area contributed by atoms with Crippen LogP contribution in [0.2, 0.25) is 0 Å². The van der Waals surface area contributed by atoms with Crippen molar-refractivity contribution in [2.45, 2.75) is 44.6 Å². The number of nitrogens with zero attached hydrogens (tertiary/aromatic N) is 1. The number of rotatable bonds is 8. The molecule has 0 unspecified atom stereocenters. The minimum absolute atomic E-state index is 0.173. The Labute approximate surface area is 103 Å². The van der Waals surface area contributed by atoms with Crippen LogP contribution in [-0.4, -0.2) is 48.2 Å². The molecule has 4 heteroatoms. The third-order valence-electron chi connectivity index (χ3n) is 3.80. The summed E-state index contributed by atoms with van der Waals surface area (Å²) in [4.78, 5) is 14.0. The number of aliphatic hydroxyl groups is 1. The van der Waals surface area contributed by atoms with Gasteiger partial charge >= 0.3 is 0 Å². The van der Waals surface area contributed by atoms with Gasteiger partial charge in [-0.05, 0) is 51.0 Å². The Morgan fingerprint density at radius 1 is 1.29 bits per heavy atom. The summed E-state index contributed by atoms with van der Waals surface area (Å²) in [6.07, 6.45) is 6.85. The molecule has 1 amide bonds. The van der Waals surface area contributed by atoms with E-state index in [1.165, 1.54) is 19.3 Å². The first-order valence-electron chi connectivity index (χ1n) is 6.92. The largest absolute Gasteiger partial charge is 0.396 e. The van der Waals surface area contributed by atoms with Crippen molar-refractivity contribution in [1.82, 2.24) is 10.2 Å². The lowest BCUT2D eigenvalue weighted by Gasteiger charge is -2.37. The highest BCUT2D eigenvalue weighted by Gasteiger charge is 2.28. The van der Waals surface area contributed by atoms with E-state index in [0.717, 1.165) is 25.3 Å². The van der Waals surface area contributed by atoms with Crippen molar-refractivity contribution in [2.24, 2.45) is 5.92 Å². The number of nitrogens with one attached hydrogen (secondary N) is 1. The molecule has 0 aromatic rings. The molecule has 98 valence electrons. The number of aliphatic hydroxyl groups excluding tert-OH is 1. The Balaban J connectivity index is 1.69. The SMILES string of the molecule is O=C(CNCC1CC1)N(CCCO)C1CCC1. The molecule has 4 nitrogen and oxygen atoms in total. The second kappa shape index (κ2) is 6.36. The Morgan fingerprint density at radius 2 is 2.06 bits per heavy atom. The van der Waals surface area contributed by atoms with E-state index >= 15 is 0 Å². The van der Waals surface area contributed by atoms with E-state index in [1.807, 2.05) is 4.90 Å². The average Bonchev–Trinajstić information content (AvgIpc) is 3.05. The molecular weight excluding hydrogens is 216 g/mol. The molecule has 2 fully saturated rings. The first-order valence-corrected chi connectivity index (χ1v) is 6.92. The van der Waals surface area contributed by atoms with Crippen LogP contribution < -0.4 is 5.32 Å². The zero-order valence-corrected chi connectivity index (χ0v) is 10.5. The number of carbonyl (C=O) groups is 1. The van der Waals surface area contributed by atoms with E-state index in [2.05, 4.69) is 5.32 Å². The second-order valence-corrected chi connectivity index (χ2v) is 5.32. The molecule has 2 aliphatic rings. The molecule has 0 spiro atoms. The van der Waals surface area contributed by atoms with Gasteiger partial charge in [-0.3, -0.25) is 4.79 Å². The molecule has 0 radical (unpaired) electrons. The Hall–Kier alpha value is -0.610. The zero-order valence-electron chi connectivity index (χ0n) is 10.5. The lowest BCUT2D eigenvalue weighted by atomic mass is 9.91. The Bertz CT molecular complexity index is 250. The van der Waals surface area contributed by atoms with E-state index in [4.69, 9.17) is 5.11 Å². The lowest BCUT2D eigenvalue weighted by Crippen LogP contribution is -2.48. The van der Waals surface area contributed by atoms with Crippen LogP contribution in [-0.2, 0) is 4.79 Å². The van der Waals surface area contributed by atoms with Crippen molar-refractivity contribution in [3.05, 3.63) is 0 Å². The number of hydrogen-bond donors (Lipinski definition) is 2. The standard InChI is InChI=1S/C13H24N2O2/c16-8-2-7-15(12-3-1-4-12)13(17)10-14-9-11-5-6-11/h11-12,14,16H,1-10H2. The summed E-state index contributed by atoms with van der Waals surface area (Å²) in [5.41, 5.74) is 0. The molecule has 17 heavy (non-hydrogen) atoms. The van der Waals surface area contributed by atoms with Gasteiger partial charge in [0.15, 0.2) is 0 Å². The second-order valence-electron chi connectivity index (χ2n) is 5.32. The predicted octanol–water partition coefficient (Wildman–Crippen LogP) is 0.749. The number of hydrogen-bond acceptors (Lipinski definition) is 3. The maximum atomic E-state index is 12.1. The van der Waals surface area contributed by atoms with Crippen molar-refractivity contribution in [3.63, 3.8) is 0 Å². The van der Waals surface area contributed by atoms with Gasteiger partial charge in [-0.25, -0.2) is 0 Å². The maximum Gasteiger partial charge on any atom is 0.236 e. The van der Waals surface area contributed by atoms with Crippen LogP contribution in [0.4, 0.5) is 0 Å². The molecule has 0 aromatic heterocycles. The van der Waals surface area contributed by atoms with Crippen molar-refractivity contribution in [3.8, 4) is 0 Å².